The zero-order chi connectivity index (χ0) is 11.3. The summed E-state index contributed by atoms with van der Waals surface area (Å²) in [6.45, 7) is 1.82. The minimum Gasteiger partial charge on any atom is -0.469 e. The molecule has 0 bridgehead atoms. The van der Waals surface area contributed by atoms with Crippen molar-refractivity contribution in [3.05, 3.63) is 41.2 Å². The molecule has 0 heterocycles. The van der Waals surface area contributed by atoms with Gasteiger partial charge in [0.05, 0.1) is 13.5 Å². The second-order valence-corrected chi connectivity index (χ2v) is 3.21. The number of esters is 1. The molecule has 1 aromatic rings. The van der Waals surface area contributed by atoms with Crippen LogP contribution in [0.1, 0.15) is 17.5 Å². The van der Waals surface area contributed by atoms with Gasteiger partial charge in [0.15, 0.2) is 0 Å². The van der Waals surface area contributed by atoms with Crippen LogP contribution in [0.2, 0.25) is 0 Å². The van der Waals surface area contributed by atoms with Crippen molar-refractivity contribution in [3.63, 3.8) is 0 Å². The van der Waals surface area contributed by atoms with Crippen LogP contribution in [0.15, 0.2) is 24.3 Å². The quantitative estimate of drug-likeness (QED) is 0.714. The van der Waals surface area contributed by atoms with Crippen molar-refractivity contribution < 1.29 is 13.9 Å². The van der Waals surface area contributed by atoms with Crippen molar-refractivity contribution in [1.82, 2.24) is 0 Å². The van der Waals surface area contributed by atoms with E-state index < -0.39 is 0 Å². The lowest BCUT2D eigenvalue weighted by atomic mass is 10.1. The minimum atomic E-state index is -0.334. The van der Waals surface area contributed by atoms with Gasteiger partial charge in [-0.3, -0.25) is 4.79 Å². The molecule has 0 radical (unpaired) electrons. The van der Waals surface area contributed by atoms with Crippen molar-refractivity contribution in [2.24, 2.45) is 0 Å². The number of carbonyl (C=O) groups is 1. The van der Waals surface area contributed by atoms with Gasteiger partial charge in [0.1, 0.15) is 5.82 Å². The largest absolute Gasteiger partial charge is 0.469 e. The topological polar surface area (TPSA) is 26.3 Å². The van der Waals surface area contributed by atoms with Gasteiger partial charge in [-0.1, -0.05) is 24.3 Å². The number of hydrogen-bond acceptors (Lipinski definition) is 2. The summed E-state index contributed by atoms with van der Waals surface area (Å²) in [5.41, 5.74) is 1.35. The van der Waals surface area contributed by atoms with Crippen LogP contribution in [0.25, 0.3) is 6.08 Å². The van der Waals surface area contributed by atoms with Crippen LogP contribution in [-0.2, 0) is 9.53 Å². The number of ether oxygens (including phenoxy) is 1. The van der Waals surface area contributed by atoms with Gasteiger partial charge in [-0.05, 0) is 18.6 Å². The van der Waals surface area contributed by atoms with E-state index in [4.69, 9.17) is 0 Å². The maximum Gasteiger partial charge on any atom is 0.309 e. The van der Waals surface area contributed by atoms with Gasteiger partial charge >= 0.3 is 5.97 Å². The zero-order valence-corrected chi connectivity index (χ0v) is 8.79. The van der Waals surface area contributed by atoms with Gasteiger partial charge < -0.3 is 4.74 Å². The van der Waals surface area contributed by atoms with Crippen LogP contribution in [0.4, 0.5) is 4.39 Å². The molecule has 15 heavy (non-hydrogen) atoms. The fourth-order valence-electron chi connectivity index (χ4n) is 1.13. The molecule has 0 aliphatic heterocycles. The van der Waals surface area contributed by atoms with E-state index in [0.717, 1.165) is 5.56 Å². The Balaban J connectivity index is 2.68. The van der Waals surface area contributed by atoms with Crippen molar-refractivity contribution in [2.45, 2.75) is 13.3 Å². The molecule has 80 valence electrons. The zero-order valence-electron chi connectivity index (χ0n) is 8.79. The fraction of sp³-hybridized carbons (Fsp3) is 0.250. The number of aryl methyl sites for hydroxylation is 1. The van der Waals surface area contributed by atoms with Crippen LogP contribution in [0.3, 0.4) is 0 Å². The van der Waals surface area contributed by atoms with Crippen molar-refractivity contribution in [3.8, 4) is 0 Å². The Morgan fingerprint density at radius 2 is 2.27 bits per heavy atom. The molecule has 0 aliphatic rings. The first-order valence-electron chi connectivity index (χ1n) is 4.63. The van der Waals surface area contributed by atoms with Crippen molar-refractivity contribution in [1.29, 1.82) is 0 Å². The number of halogens is 1. The Kier molecular flexibility index (Phi) is 4.03. The van der Waals surface area contributed by atoms with E-state index in [9.17, 15) is 9.18 Å². The highest BCUT2D eigenvalue weighted by molar-refractivity contribution is 5.72. The predicted molar refractivity (Wildman–Crippen MR) is 56.8 cm³/mol. The monoisotopic (exact) mass is 208 g/mol. The molecular formula is C12H13FO2. The average Bonchev–Trinajstić information content (AvgIpc) is 2.21. The van der Waals surface area contributed by atoms with E-state index in [1.165, 1.54) is 13.2 Å². The summed E-state index contributed by atoms with van der Waals surface area (Å²) in [7, 11) is 1.32. The van der Waals surface area contributed by atoms with E-state index in [1.54, 1.807) is 18.2 Å². The van der Waals surface area contributed by atoms with Crippen LogP contribution in [-0.4, -0.2) is 13.1 Å². The van der Waals surface area contributed by atoms with E-state index >= 15 is 0 Å². The summed E-state index contributed by atoms with van der Waals surface area (Å²) in [6, 6.07) is 4.96. The van der Waals surface area contributed by atoms with Gasteiger partial charge in [-0.25, -0.2) is 4.39 Å². The molecule has 0 saturated carbocycles. The van der Waals surface area contributed by atoms with E-state index in [0.29, 0.717) is 5.56 Å². The highest BCUT2D eigenvalue weighted by Crippen LogP contribution is 2.11. The first-order valence-corrected chi connectivity index (χ1v) is 4.63. The first-order chi connectivity index (χ1) is 7.13. The lowest BCUT2D eigenvalue weighted by Crippen LogP contribution is -1.96. The highest BCUT2D eigenvalue weighted by atomic mass is 19.1. The summed E-state index contributed by atoms with van der Waals surface area (Å²) < 4.78 is 17.7. The van der Waals surface area contributed by atoms with Crippen LogP contribution < -0.4 is 0 Å². The summed E-state index contributed by atoms with van der Waals surface area (Å²) >= 11 is 0. The lowest BCUT2D eigenvalue weighted by Gasteiger charge is -1.98. The third kappa shape index (κ3) is 3.54. The Morgan fingerprint density at radius 3 is 2.87 bits per heavy atom. The van der Waals surface area contributed by atoms with Gasteiger partial charge in [0, 0.05) is 5.56 Å². The number of methoxy groups -OCH3 is 1. The number of carbonyl (C=O) groups excluding carboxylic acids is 1. The highest BCUT2D eigenvalue weighted by Gasteiger charge is 1.99. The van der Waals surface area contributed by atoms with Crippen molar-refractivity contribution in [2.75, 3.05) is 7.11 Å². The number of rotatable bonds is 3. The van der Waals surface area contributed by atoms with Crippen LogP contribution in [0.5, 0.6) is 0 Å². The third-order valence-corrected chi connectivity index (χ3v) is 1.97. The van der Waals surface area contributed by atoms with Gasteiger partial charge in [-0.15, -0.1) is 0 Å². The number of hydrogen-bond donors (Lipinski definition) is 0. The first kappa shape index (κ1) is 11.4. The molecule has 1 aromatic carbocycles. The molecule has 0 amide bonds. The fourth-order valence-corrected chi connectivity index (χ4v) is 1.13. The Bertz CT molecular complexity index is 383. The van der Waals surface area contributed by atoms with Crippen molar-refractivity contribution >= 4 is 12.0 Å². The van der Waals surface area contributed by atoms with E-state index in [2.05, 4.69) is 4.74 Å². The summed E-state index contributed by atoms with van der Waals surface area (Å²) in [5, 5.41) is 0. The molecule has 0 N–H and O–H groups in total. The summed E-state index contributed by atoms with van der Waals surface area (Å²) in [5.74, 6) is -0.616. The molecule has 0 spiro atoms. The molecule has 1 rings (SSSR count). The Morgan fingerprint density at radius 1 is 1.53 bits per heavy atom. The smallest absolute Gasteiger partial charge is 0.309 e. The van der Waals surface area contributed by atoms with Gasteiger partial charge in [-0.2, -0.15) is 0 Å². The third-order valence-electron chi connectivity index (χ3n) is 1.97. The van der Waals surface area contributed by atoms with Crippen LogP contribution >= 0.6 is 0 Å². The molecule has 0 saturated heterocycles. The summed E-state index contributed by atoms with van der Waals surface area (Å²) in [6.07, 6.45) is 3.31. The summed E-state index contributed by atoms with van der Waals surface area (Å²) in [4.78, 5) is 10.8. The molecule has 0 atom stereocenters. The molecule has 2 nitrogen and oxygen atoms in total. The molecule has 0 aliphatic carbocycles. The SMILES string of the molecule is COC(=O)CC=Cc1ccc(C)cc1F. The van der Waals surface area contributed by atoms with E-state index in [-0.39, 0.29) is 18.2 Å². The predicted octanol–water partition coefficient (Wildman–Crippen LogP) is 2.71. The second kappa shape index (κ2) is 5.29. The molecule has 0 fully saturated rings. The number of benzene rings is 1. The minimum absolute atomic E-state index is 0.157. The average molecular weight is 208 g/mol. The lowest BCUT2D eigenvalue weighted by molar-refractivity contribution is -0.139. The second-order valence-electron chi connectivity index (χ2n) is 3.21. The molecule has 0 aromatic heterocycles. The normalized spacial score (nSPS) is 10.6. The molecule has 0 unspecified atom stereocenters. The standard InChI is InChI=1S/C12H13FO2/c1-9-6-7-10(11(13)8-9)4-3-5-12(14)15-2/h3-4,6-8H,5H2,1-2H3. The molecular weight excluding hydrogens is 195 g/mol. The van der Waals surface area contributed by atoms with Crippen LogP contribution in [0, 0.1) is 12.7 Å². The van der Waals surface area contributed by atoms with Gasteiger partial charge in [0.25, 0.3) is 0 Å². The molecule has 3 heteroatoms. The Hall–Kier alpha value is -1.64. The van der Waals surface area contributed by atoms with E-state index in [1.807, 2.05) is 13.0 Å². The Labute approximate surface area is 88.4 Å². The van der Waals surface area contributed by atoms with Gasteiger partial charge in [0.2, 0.25) is 0 Å². The maximum absolute atomic E-state index is 13.3. The maximum atomic E-state index is 13.3.